The van der Waals surface area contributed by atoms with Gasteiger partial charge in [0.15, 0.2) is 0 Å². The van der Waals surface area contributed by atoms with Crippen molar-refractivity contribution in [2.45, 2.75) is 51.9 Å². The molecule has 0 radical (unpaired) electrons. The van der Waals surface area contributed by atoms with Gasteiger partial charge in [0.25, 0.3) is 6.47 Å². The van der Waals surface area contributed by atoms with Crippen LogP contribution in [0.25, 0.3) is 0 Å². The molecule has 1 aromatic rings. The van der Waals surface area contributed by atoms with E-state index in [1.807, 2.05) is 0 Å². The minimum atomic E-state index is -0.250. The molecule has 0 aromatic heterocycles. The maximum absolute atomic E-state index is 13.3. The van der Waals surface area contributed by atoms with E-state index in [9.17, 15) is 9.59 Å². The minimum Gasteiger partial charge on any atom is -0.483 e. The van der Waals surface area contributed by atoms with Crippen LogP contribution in [0, 0.1) is 36.0 Å². The second kappa shape index (κ2) is 12.0. The Balaban J connectivity index is 0.000000967. The summed E-state index contributed by atoms with van der Waals surface area (Å²) in [4.78, 5) is 37.5. The maximum atomic E-state index is 13.3. The fourth-order valence-electron chi connectivity index (χ4n) is 6.71. The van der Waals surface area contributed by atoms with E-state index in [1.54, 1.807) is 0 Å². The molecule has 1 spiro atoms. The average Bonchev–Trinajstić information content (AvgIpc) is 3.23. The van der Waals surface area contributed by atoms with Crippen molar-refractivity contribution in [1.82, 2.24) is 15.5 Å². The van der Waals surface area contributed by atoms with Gasteiger partial charge in [0.1, 0.15) is 0 Å². The highest BCUT2D eigenvalue weighted by molar-refractivity contribution is 5.90. The molecule has 4 aliphatic rings. The van der Waals surface area contributed by atoms with Crippen LogP contribution in [0.3, 0.4) is 0 Å². The molecule has 2 bridgehead atoms. The first-order valence-corrected chi connectivity index (χ1v) is 13.6. The van der Waals surface area contributed by atoms with E-state index in [1.165, 1.54) is 37.1 Å². The number of unbranched alkanes of at least 4 members (excludes halogenated alkanes) is 1. The SMILES string of the molecule is Cc1ccc(CCNC(=O)[C@H]2[C@H](C(=O)NCCCCN3CCCC3)[C@H]3C=C[C@@H]2C32CC2)cc1.O=CO. The normalized spacial score (nSPS) is 26.9. The highest BCUT2D eigenvalue weighted by Gasteiger charge is 2.69. The summed E-state index contributed by atoms with van der Waals surface area (Å²) in [6.07, 6.45) is 12.4. The Morgan fingerprint density at radius 2 is 1.53 bits per heavy atom. The Bertz CT molecular complexity index is 934. The van der Waals surface area contributed by atoms with E-state index in [4.69, 9.17) is 9.90 Å². The van der Waals surface area contributed by atoms with E-state index in [-0.39, 0.29) is 47.4 Å². The summed E-state index contributed by atoms with van der Waals surface area (Å²) in [5.74, 6) is 0.204. The van der Waals surface area contributed by atoms with Gasteiger partial charge in [-0.3, -0.25) is 14.4 Å². The van der Waals surface area contributed by atoms with Crippen molar-refractivity contribution < 1.29 is 19.5 Å². The number of aryl methyl sites for hydroxylation is 1. The van der Waals surface area contributed by atoms with Crippen molar-refractivity contribution in [2.75, 3.05) is 32.7 Å². The number of hydrogen-bond acceptors (Lipinski definition) is 4. The Labute approximate surface area is 214 Å². The monoisotopic (exact) mass is 495 g/mol. The molecule has 4 atom stereocenters. The van der Waals surface area contributed by atoms with Crippen LogP contribution >= 0.6 is 0 Å². The fraction of sp³-hybridized carbons (Fsp3) is 0.621. The van der Waals surface area contributed by atoms with E-state index in [0.717, 1.165) is 45.2 Å². The van der Waals surface area contributed by atoms with Gasteiger partial charge < -0.3 is 20.6 Å². The van der Waals surface area contributed by atoms with Crippen molar-refractivity contribution in [2.24, 2.45) is 29.1 Å². The van der Waals surface area contributed by atoms with E-state index < -0.39 is 0 Å². The summed E-state index contributed by atoms with van der Waals surface area (Å²) in [6, 6.07) is 8.47. The lowest BCUT2D eigenvalue weighted by Gasteiger charge is -2.26. The van der Waals surface area contributed by atoms with Crippen molar-refractivity contribution in [3.8, 4) is 0 Å². The molecule has 196 valence electrons. The smallest absolute Gasteiger partial charge is 0.290 e. The standard InChI is InChI=1S/C28H39N3O2.CH2O2/c1-20-6-8-21(9-7-20)12-16-30-27(33)25-23-11-10-22(28(23)13-14-28)24(25)26(32)29-15-2-3-17-31-18-4-5-19-31;2-1-3/h6-11,22-25H,2-5,12-19H2,1H3,(H,29,32)(H,30,33);1H,(H,2,3)/t22-,23+,24-,25-;/m1./s1. The summed E-state index contributed by atoms with van der Waals surface area (Å²) < 4.78 is 0. The first-order chi connectivity index (χ1) is 17.5. The van der Waals surface area contributed by atoms with Crippen LogP contribution in [0.15, 0.2) is 36.4 Å². The molecule has 0 unspecified atom stereocenters. The Morgan fingerprint density at radius 1 is 0.972 bits per heavy atom. The van der Waals surface area contributed by atoms with Gasteiger partial charge in [0, 0.05) is 13.1 Å². The molecule has 2 saturated carbocycles. The van der Waals surface area contributed by atoms with Crippen LogP contribution in [0.1, 0.15) is 49.7 Å². The van der Waals surface area contributed by atoms with E-state index in [0.29, 0.717) is 6.54 Å². The van der Waals surface area contributed by atoms with Crippen molar-refractivity contribution >= 4 is 18.3 Å². The van der Waals surface area contributed by atoms with Gasteiger partial charge in [-0.2, -0.15) is 0 Å². The molecule has 3 N–H and O–H groups in total. The predicted octanol–water partition coefficient (Wildman–Crippen LogP) is 3.18. The number of hydrogen-bond donors (Lipinski definition) is 3. The third kappa shape index (κ3) is 5.83. The summed E-state index contributed by atoms with van der Waals surface area (Å²) in [6.45, 7) is 6.78. The topological polar surface area (TPSA) is 98.7 Å². The zero-order chi connectivity index (χ0) is 25.5. The number of nitrogens with zero attached hydrogens (tertiary/aromatic N) is 1. The number of amides is 2. The molecular formula is C29H41N3O4. The minimum absolute atomic E-state index is 0.0689. The number of carboxylic acid groups (broad SMARTS) is 1. The van der Waals surface area contributed by atoms with Gasteiger partial charge in [-0.1, -0.05) is 42.0 Å². The molecule has 7 nitrogen and oxygen atoms in total. The maximum Gasteiger partial charge on any atom is 0.290 e. The van der Waals surface area contributed by atoms with Gasteiger partial charge in [-0.25, -0.2) is 0 Å². The van der Waals surface area contributed by atoms with E-state index in [2.05, 4.69) is 58.9 Å². The van der Waals surface area contributed by atoms with Crippen molar-refractivity contribution in [3.05, 3.63) is 47.5 Å². The third-order valence-corrected chi connectivity index (χ3v) is 8.68. The zero-order valence-corrected chi connectivity index (χ0v) is 21.5. The lowest BCUT2D eigenvalue weighted by atomic mass is 9.81. The molecule has 1 aromatic carbocycles. The van der Waals surface area contributed by atoms with Gasteiger partial charge in [0.05, 0.1) is 11.8 Å². The molecule has 1 heterocycles. The van der Waals surface area contributed by atoms with Gasteiger partial charge in [-0.05, 0) is 94.3 Å². The summed E-state index contributed by atoms with van der Waals surface area (Å²) >= 11 is 0. The molecule has 7 heteroatoms. The quantitative estimate of drug-likeness (QED) is 0.263. The third-order valence-electron chi connectivity index (χ3n) is 8.68. The Kier molecular flexibility index (Phi) is 8.83. The second-order valence-corrected chi connectivity index (χ2v) is 10.9. The number of rotatable bonds is 10. The van der Waals surface area contributed by atoms with Gasteiger partial charge in [0.2, 0.25) is 11.8 Å². The number of allylic oxidation sites excluding steroid dienone is 2. The molecular weight excluding hydrogens is 454 g/mol. The molecule has 3 fully saturated rings. The van der Waals surface area contributed by atoms with Crippen LogP contribution in [-0.4, -0.2) is 61.0 Å². The molecule has 1 aliphatic heterocycles. The largest absolute Gasteiger partial charge is 0.483 e. The molecule has 1 saturated heterocycles. The highest BCUT2D eigenvalue weighted by Crippen LogP contribution is 2.72. The summed E-state index contributed by atoms with van der Waals surface area (Å²) in [5, 5.41) is 13.3. The number of likely N-dealkylation sites (tertiary alicyclic amines) is 1. The van der Waals surface area contributed by atoms with Crippen LogP contribution in [0.2, 0.25) is 0 Å². The fourth-order valence-corrected chi connectivity index (χ4v) is 6.71. The van der Waals surface area contributed by atoms with Crippen LogP contribution in [0.5, 0.6) is 0 Å². The average molecular weight is 496 g/mol. The molecule has 36 heavy (non-hydrogen) atoms. The van der Waals surface area contributed by atoms with Crippen LogP contribution in [-0.2, 0) is 20.8 Å². The lowest BCUT2D eigenvalue weighted by Crippen LogP contribution is -2.44. The van der Waals surface area contributed by atoms with Gasteiger partial charge in [-0.15, -0.1) is 0 Å². The first kappa shape index (κ1) is 26.4. The number of benzene rings is 1. The predicted molar refractivity (Wildman–Crippen MR) is 139 cm³/mol. The lowest BCUT2D eigenvalue weighted by molar-refractivity contribution is -0.135. The van der Waals surface area contributed by atoms with E-state index >= 15 is 0 Å². The number of carbonyl (C=O) groups is 3. The highest BCUT2D eigenvalue weighted by atomic mass is 16.3. The van der Waals surface area contributed by atoms with Gasteiger partial charge >= 0.3 is 0 Å². The molecule has 5 rings (SSSR count). The summed E-state index contributed by atoms with van der Waals surface area (Å²) in [5.41, 5.74) is 2.67. The molecule has 3 aliphatic carbocycles. The van der Waals surface area contributed by atoms with Crippen LogP contribution in [0.4, 0.5) is 0 Å². The van der Waals surface area contributed by atoms with Crippen molar-refractivity contribution in [3.63, 3.8) is 0 Å². The second-order valence-electron chi connectivity index (χ2n) is 10.9. The Morgan fingerprint density at radius 3 is 2.08 bits per heavy atom. The number of carbonyl (C=O) groups excluding carboxylic acids is 2. The van der Waals surface area contributed by atoms with Crippen molar-refractivity contribution in [1.29, 1.82) is 0 Å². The van der Waals surface area contributed by atoms with Crippen LogP contribution < -0.4 is 10.6 Å². The zero-order valence-electron chi connectivity index (χ0n) is 21.5. The first-order valence-electron chi connectivity index (χ1n) is 13.6. The number of nitrogens with one attached hydrogen (secondary N) is 2. The molecule has 2 amide bonds. The summed E-state index contributed by atoms with van der Waals surface area (Å²) in [7, 11) is 0. The Hall–Kier alpha value is -2.67.